The summed E-state index contributed by atoms with van der Waals surface area (Å²) in [6.07, 6.45) is 0. The molecule has 1 heterocycles. The van der Waals surface area contributed by atoms with Gasteiger partial charge in [0, 0.05) is 11.8 Å². The number of aliphatic hydroxyl groups excluding tert-OH is 1. The van der Waals surface area contributed by atoms with Crippen LogP contribution in [0, 0.1) is 6.92 Å². The average molecular weight is 236 g/mol. The monoisotopic (exact) mass is 236 g/mol. The lowest BCUT2D eigenvalue weighted by atomic mass is 10.2. The maximum atomic E-state index is 8.90. The lowest BCUT2D eigenvalue weighted by Gasteiger charge is -2.00. The minimum Gasteiger partial charge on any atom is -0.425 e. The predicted octanol–water partition coefficient (Wildman–Crippen LogP) is 2.16. The summed E-state index contributed by atoms with van der Waals surface area (Å²) < 4.78 is 5.27. The summed E-state index contributed by atoms with van der Waals surface area (Å²) in [5, 5.41) is 16.6. The maximum Gasteiger partial charge on any atom is 0.226 e. The molecule has 1 aromatic carbocycles. The molecule has 0 aliphatic rings. The van der Waals surface area contributed by atoms with Gasteiger partial charge in [0.25, 0.3) is 0 Å². The smallest absolute Gasteiger partial charge is 0.226 e. The predicted molar refractivity (Wildman–Crippen MR) is 61.0 cm³/mol. The van der Waals surface area contributed by atoms with Crippen LogP contribution in [0.2, 0.25) is 0 Å². The summed E-state index contributed by atoms with van der Waals surface area (Å²) in [6.45, 7) is 1.85. The third kappa shape index (κ3) is 2.84. The molecular formula is C11H12N2O2S. The number of aryl methyl sites for hydroxylation is 1. The van der Waals surface area contributed by atoms with Gasteiger partial charge in [0.2, 0.25) is 11.8 Å². The van der Waals surface area contributed by atoms with E-state index in [9.17, 15) is 0 Å². The highest BCUT2D eigenvalue weighted by Crippen LogP contribution is 2.22. The lowest BCUT2D eigenvalue weighted by molar-refractivity contribution is 0.282. The first kappa shape index (κ1) is 11.2. The van der Waals surface area contributed by atoms with Crippen molar-refractivity contribution in [3.05, 3.63) is 41.6 Å². The van der Waals surface area contributed by atoms with E-state index in [0.717, 1.165) is 10.5 Å². The Kier molecular flexibility index (Phi) is 3.58. The van der Waals surface area contributed by atoms with Crippen LogP contribution in [-0.4, -0.2) is 15.3 Å². The van der Waals surface area contributed by atoms with Crippen molar-refractivity contribution in [2.24, 2.45) is 0 Å². The Bertz CT molecular complexity index is 453. The number of rotatable bonds is 4. The Morgan fingerprint density at radius 1 is 1.25 bits per heavy atom. The van der Waals surface area contributed by atoms with Gasteiger partial charge in [-0.1, -0.05) is 12.1 Å². The molecule has 2 aromatic rings. The third-order valence-corrected chi connectivity index (χ3v) is 3.03. The molecule has 1 N–H and O–H groups in total. The molecule has 0 saturated carbocycles. The number of aliphatic hydroxyl groups is 1. The first-order valence-electron chi connectivity index (χ1n) is 4.89. The van der Waals surface area contributed by atoms with Crippen molar-refractivity contribution >= 4 is 11.8 Å². The van der Waals surface area contributed by atoms with Crippen LogP contribution in [0.4, 0.5) is 0 Å². The average Bonchev–Trinajstić information content (AvgIpc) is 2.73. The molecule has 0 bridgehead atoms. The number of hydrogen-bond acceptors (Lipinski definition) is 5. The van der Waals surface area contributed by atoms with Crippen molar-refractivity contribution in [1.29, 1.82) is 0 Å². The van der Waals surface area contributed by atoms with Crippen LogP contribution in [0.3, 0.4) is 0 Å². The van der Waals surface area contributed by atoms with Crippen LogP contribution in [-0.2, 0) is 12.4 Å². The summed E-state index contributed by atoms with van der Waals surface area (Å²) in [7, 11) is 0. The molecule has 0 amide bonds. The van der Waals surface area contributed by atoms with Crippen molar-refractivity contribution in [1.82, 2.24) is 10.2 Å². The quantitative estimate of drug-likeness (QED) is 0.824. The highest BCUT2D eigenvalue weighted by molar-refractivity contribution is 7.98. The summed E-state index contributed by atoms with van der Waals surface area (Å²) in [5.41, 5.74) is 0.915. The molecule has 0 aliphatic heterocycles. The Labute approximate surface area is 97.7 Å². The molecule has 4 nitrogen and oxygen atoms in total. The number of aromatic nitrogens is 2. The van der Waals surface area contributed by atoms with E-state index in [1.807, 2.05) is 24.3 Å². The number of thioether (sulfide) groups is 1. The molecule has 0 spiro atoms. The number of benzene rings is 1. The van der Waals surface area contributed by atoms with Gasteiger partial charge in [0.15, 0.2) is 0 Å². The highest BCUT2D eigenvalue weighted by atomic mass is 32.2. The van der Waals surface area contributed by atoms with E-state index in [4.69, 9.17) is 9.52 Å². The van der Waals surface area contributed by atoms with Gasteiger partial charge in [-0.15, -0.1) is 22.0 Å². The van der Waals surface area contributed by atoms with E-state index in [-0.39, 0.29) is 6.61 Å². The van der Waals surface area contributed by atoms with Crippen LogP contribution in [0.25, 0.3) is 0 Å². The third-order valence-electron chi connectivity index (χ3n) is 2.04. The van der Waals surface area contributed by atoms with Crippen LogP contribution in [0.1, 0.15) is 17.3 Å². The van der Waals surface area contributed by atoms with Gasteiger partial charge in [-0.3, -0.25) is 0 Å². The SMILES string of the molecule is Cc1nnc(CSc2ccc(CO)cc2)o1. The van der Waals surface area contributed by atoms with Gasteiger partial charge in [-0.05, 0) is 17.7 Å². The Balaban J connectivity index is 1.94. The second-order valence-corrected chi connectivity index (χ2v) is 4.35. The Hall–Kier alpha value is -1.33. The van der Waals surface area contributed by atoms with Gasteiger partial charge in [-0.25, -0.2) is 0 Å². The van der Waals surface area contributed by atoms with E-state index in [0.29, 0.717) is 17.5 Å². The Morgan fingerprint density at radius 3 is 2.56 bits per heavy atom. The van der Waals surface area contributed by atoms with Crippen molar-refractivity contribution in [3.63, 3.8) is 0 Å². The first-order valence-corrected chi connectivity index (χ1v) is 5.88. The molecular weight excluding hydrogens is 224 g/mol. The fourth-order valence-corrected chi connectivity index (χ4v) is 1.97. The van der Waals surface area contributed by atoms with Crippen molar-refractivity contribution in [2.75, 3.05) is 0 Å². The van der Waals surface area contributed by atoms with Gasteiger partial charge >= 0.3 is 0 Å². The lowest BCUT2D eigenvalue weighted by Crippen LogP contribution is -1.83. The molecule has 16 heavy (non-hydrogen) atoms. The summed E-state index contributed by atoms with van der Waals surface area (Å²) in [6, 6.07) is 7.75. The molecule has 0 aliphatic carbocycles. The Morgan fingerprint density at radius 2 is 2.00 bits per heavy atom. The zero-order valence-electron chi connectivity index (χ0n) is 8.88. The molecule has 0 saturated heterocycles. The molecule has 5 heteroatoms. The zero-order valence-corrected chi connectivity index (χ0v) is 9.70. The van der Waals surface area contributed by atoms with E-state index < -0.39 is 0 Å². The largest absolute Gasteiger partial charge is 0.425 e. The van der Waals surface area contributed by atoms with E-state index >= 15 is 0 Å². The minimum atomic E-state index is 0.0772. The second-order valence-electron chi connectivity index (χ2n) is 3.31. The number of hydrogen-bond donors (Lipinski definition) is 1. The summed E-state index contributed by atoms with van der Waals surface area (Å²) in [4.78, 5) is 1.12. The van der Waals surface area contributed by atoms with Crippen molar-refractivity contribution in [2.45, 2.75) is 24.2 Å². The molecule has 2 rings (SSSR count). The zero-order chi connectivity index (χ0) is 11.4. The van der Waals surface area contributed by atoms with Crippen molar-refractivity contribution in [3.8, 4) is 0 Å². The first-order chi connectivity index (χ1) is 7.78. The van der Waals surface area contributed by atoms with Gasteiger partial charge in [0.05, 0.1) is 12.4 Å². The van der Waals surface area contributed by atoms with Gasteiger partial charge < -0.3 is 9.52 Å². The summed E-state index contributed by atoms with van der Waals surface area (Å²) in [5.74, 6) is 1.89. The fraction of sp³-hybridized carbons (Fsp3) is 0.273. The standard InChI is InChI=1S/C11H12N2O2S/c1-8-12-13-11(15-8)7-16-10-4-2-9(6-14)3-5-10/h2-5,14H,6-7H2,1H3. The van der Waals surface area contributed by atoms with Crippen LogP contribution >= 0.6 is 11.8 Å². The van der Waals surface area contributed by atoms with E-state index in [2.05, 4.69) is 10.2 Å². The fourth-order valence-electron chi connectivity index (χ4n) is 1.23. The highest BCUT2D eigenvalue weighted by Gasteiger charge is 2.03. The topological polar surface area (TPSA) is 59.2 Å². The number of nitrogens with zero attached hydrogens (tertiary/aromatic N) is 2. The molecule has 0 unspecified atom stereocenters. The van der Waals surface area contributed by atoms with Crippen LogP contribution in [0.15, 0.2) is 33.6 Å². The van der Waals surface area contributed by atoms with E-state index in [1.54, 1.807) is 18.7 Å². The molecule has 1 aromatic heterocycles. The van der Waals surface area contributed by atoms with E-state index in [1.165, 1.54) is 0 Å². The second kappa shape index (κ2) is 5.14. The van der Waals surface area contributed by atoms with Gasteiger partial charge in [-0.2, -0.15) is 0 Å². The summed E-state index contributed by atoms with van der Waals surface area (Å²) >= 11 is 1.63. The van der Waals surface area contributed by atoms with Gasteiger partial charge in [0.1, 0.15) is 0 Å². The molecule has 0 radical (unpaired) electrons. The minimum absolute atomic E-state index is 0.0772. The molecule has 0 atom stereocenters. The molecule has 0 fully saturated rings. The van der Waals surface area contributed by atoms with Crippen molar-refractivity contribution < 1.29 is 9.52 Å². The normalized spacial score (nSPS) is 10.6. The van der Waals surface area contributed by atoms with Crippen LogP contribution in [0.5, 0.6) is 0 Å². The molecule has 84 valence electrons. The maximum absolute atomic E-state index is 8.90. The van der Waals surface area contributed by atoms with Crippen LogP contribution < -0.4 is 0 Å².